The van der Waals surface area contributed by atoms with E-state index in [1.807, 2.05) is 98.0 Å². The molecule has 3 aliphatic rings. The lowest BCUT2D eigenvalue weighted by Gasteiger charge is -2.45. The van der Waals surface area contributed by atoms with Crippen LogP contribution in [-0.4, -0.2) is 147 Å². The summed E-state index contributed by atoms with van der Waals surface area (Å²) in [7, 11) is 5.01. The van der Waals surface area contributed by atoms with Gasteiger partial charge in [-0.3, -0.25) is 9.69 Å². The minimum atomic E-state index is -1.39. The van der Waals surface area contributed by atoms with Gasteiger partial charge in [-0.05, 0) is 80.3 Å². The molecule has 3 amide bonds. The van der Waals surface area contributed by atoms with Crippen LogP contribution in [0.25, 0.3) is 32.9 Å². The molecule has 3 aromatic heterocycles. The second kappa shape index (κ2) is 20.5. The molecule has 0 bridgehead atoms. The first-order chi connectivity index (χ1) is 33.8. The molecule has 3 atom stereocenters. The van der Waals surface area contributed by atoms with Crippen LogP contribution in [0.4, 0.5) is 20.3 Å². The van der Waals surface area contributed by atoms with Crippen molar-refractivity contribution < 1.29 is 33.7 Å². The molecule has 17 heteroatoms. The number of rotatable bonds is 15. The third kappa shape index (κ3) is 10.3. The van der Waals surface area contributed by atoms with Gasteiger partial charge in [-0.25, -0.2) is 24.4 Å². The number of pyridine rings is 1. The number of amides is 3. The number of nitrogens with one attached hydrogen (secondary N) is 1. The molecule has 1 saturated carbocycles. The summed E-state index contributed by atoms with van der Waals surface area (Å²) in [6.45, 7) is 7.91. The van der Waals surface area contributed by atoms with Crippen LogP contribution in [0.5, 0.6) is 0 Å². The second-order valence-corrected chi connectivity index (χ2v) is 19.3. The van der Waals surface area contributed by atoms with Gasteiger partial charge in [0.2, 0.25) is 5.95 Å². The topological polar surface area (TPSA) is 179 Å². The van der Waals surface area contributed by atoms with Crippen molar-refractivity contribution in [2.24, 2.45) is 13.0 Å². The van der Waals surface area contributed by atoms with Gasteiger partial charge in [0, 0.05) is 108 Å². The molecule has 2 saturated heterocycles. The number of fused-ring (bicyclic) bond motifs is 2. The van der Waals surface area contributed by atoms with Crippen molar-refractivity contribution in [2.45, 2.75) is 69.9 Å². The molecule has 5 heterocycles. The summed E-state index contributed by atoms with van der Waals surface area (Å²) in [5.41, 5.74) is 3.55. The number of aryl methyl sites for hydroxylation is 1. The third-order valence-corrected chi connectivity index (χ3v) is 14.2. The molecule has 3 fully saturated rings. The molecule has 2 N–H and O–H groups in total. The van der Waals surface area contributed by atoms with Gasteiger partial charge >= 0.3 is 18.3 Å². The van der Waals surface area contributed by atoms with Crippen molar-refractivity contribution in [3.05, 3.63) is 124 Å². The van der Waals surface area contributed by atoms with Gasteiger partial charge < -0.3 is 48.5 Å². The van der Waals surface area contributed by atoms with Crippen LogP contribution in [0.3, 0.4) is 0 Å². The van der Waals surface area contributed by atoms with Gasteiger partial charge in [0.1, 0.15) is 18.7 Å². The Bertz CT molecular complexity index is 2880. The normalized spacial score (nSPS) is 18.7. The molecular weight excluding hydrogens is 891 g/mol. The predicted molar refractivity (Wildman–Crippen MR) is 267 cm³/mol. The zero-order valence-corrected chi connectivity index (χ0v) is 40.6. The number of aromatic nitrogens is 4. The van der Waals surface area contributed by atoms with Crippen molar-refractivity contribution >= 4 is 46.0 Å². The Balaban J connectivity index is 1.04. The Kier molecular flexibility index (Phi) is 14.1. The summed E-state index contributed by atoms with van der Waals surface area (Å²) in [6.07, 6.45) is 4.99. The first-order valence-electron chi connectivity index (χ1n) is 24.3. The molecule has 70 heavy (non-hydrogen) atoms. The number of carboxylic acid groups (broad SMARTS) is 1. The Labute approximate surface area is 407 Å². The van der Waals surface area contributed by atoms with Gasteiger partial charge in [0.05, 0.1) is 17.3 Å². The van der Waals surface area contributed by atoms with E-state index in [2.05, 4.69) is 21.7 Å². The highest BCUT2D eigenvalue weighted by Crippen LogP contribution is 2.44. The van der Waals surface area contributed by atoms with Crippen molar-refractivity contribution in [1.82, 2.24) is 39.1 Å². The molecule has 17 nitrogen and oxygen atoms in total. The van der Waals surface area contributed by atoms with Crippen LogP contribution >= 0.6 is 0 Å². The number of nitrogens with zero attached hydrogens (tertiary/aromatic N) is 8. The Morgan fingerprint density at radius 1 is 0.829 bits per heavy atom. The first kappa shape index (κ1) is 48.1. The number of piperidine rings is 1. The maximum atomic E-state index is 14.1. The van der Waals surface area contributed by atoms with E-state index in [1.165, 1.54) is 9.80 Å². The number of H-pyrrole nitrogens is 1. The molecule has 368 valence electrons. The van der Waals surface area contributed by atoms with Crippen molar-refractivity contribution in [1.29, 1.82) is 0 Å². The fourth-order valence-electron chi connectivity index (χ4n) is 9.81. The highest BCUT2D eigenvalue weighted by atomic mass is 16.6. The van der Waals surface area contributed by atoms with Gasteiger partial charge in [-0.1, -0.05) is 66.7 Å². The average Bonchev–Trinajstić information content (AvgIpc) is 4.06. The smallest absolute Gasteiger partial charge is 0.409 e. The average molecular weight is 954 g/mol. The van der Waals surface area contributed by atoms with E-state index in [4.69, 9.17) is 24.2 Å². The lowest BCUT2D eigenvalue weighted by atomic mass is 9.87. The zero-order chi connectivity index (χ0) is 49.1. The van der Waals surface area contributed by atoms with Crippen molar-refractivity contribution in [3.8, 4) is 11.1 Å². The minimum Gasteiger partial charge on any atom is -0.465 e. The van der Waals surface area contributed by atoms with E-state index in [0.717, 1.165) is 59.9 Å². The number of ether oxygens (including phenoxy) is 3. The number of anilines is 1. The molecule has 0 spiro atoms. The maximum Gasteiger partial charge on any atom is 0.409 e. The number of likely N-dealkylation sites (N-methyl/N-ethyl adjacent to an activating group) is 2. The van der Waals surface area contributed by atoms with Crippen molar-refractivity contribution in [2.75, 3.05) is 71.4 Å². The molecule has 6 aromatic rings. The number of carbonyl (C=O) groups excluding carboxylic acids is 2. The SMILES string of the molecule is C[C@@H]1CN(CC2CCN(c3nc(C(COC(=O)N(C)CCN(C)C(=O)OCc4ccccc4)(OC4CC4)c4ccccc4)c4cc(-c5cn(C)c(=O)c6[nH]ccc56)ccc4n3)CC2)[C@@H](C)CN1C(=O)O. The van der Waals surface area contributed by atoms with Crippen LogP contribution in [0.1, 0.15) is 56.4 Å². The summed E-state index contributed by atoms with van der Waals surface area (Å²) in [5.74, 6) is 0.959. The number of carbonyl (C=O) groups is 3. The Morgan fingerprint density at radius 2 is 1.51 bits per heavy atom. The van der Waals surface area contributed by atoms with Crippen LogP contribution in [-0.2, 0) is 33.5 Å². The van der Waals surface area contributed by atoms with E-state index < -0.39 is 23.9 Å². The minimum absolute atomic E-state index is 0.0770. The summed E-state index contributed by atoms with van der Waals surface area (Å²) in [5, 5.41) is 11.2. The summed E-state index contributed by atoms with van der Waals surface area (Å²) >= 11 is 0. The first-order valence-corrected chi connectivity index (χ1v) is 24.3. The quantitative estimate of drug-likeness (QED) is 0.104. The fraction of sp³-hybridized carbons (Fsp3) is 0.434. The highest BCUT2D eigenvalue weighted by molar-refractivity contribution is 5.97. The summed E-state index contributed by atoms with van der Waals surface area (Å²) < 4.78 is 20.6. The zero-order valence-electron chi connectivity index (χ0n) is 40.6. The molecule has 3 aromatic carbocycles. The van der Waals surface area contributed by atoms with Crippen molar-refractivity contribution in [3.63, 3.8) is 0 Å². The van der Waals surface area contributed by atoms with Gasteiger partial charge in [0.25, 0.3) is 5.56 Å². The molecule has 1 aliphatic carbocycles. The summed E-state index contributed by atoms with van der Waals surface area (Å²) in [4.78, 5) is 74.9. The van der Waals surface area contributed by atoms with E-state index in [9.17, 15) is 24.3 Å². The standard InChI is InChI=1S/C53H63N9O8/c1-35-30-62(50(64)65)36(2)29-61(35)31-37-21-24-60(25-22-37)49-55-45-19-16-39(44-32-59(5)48(63)46-42(44)20-23-54-46)28-43(45)47(56-49)53(70-41-17-18-41,40-14-10-7-11-15-40)34-69-52(67)58(4)27-26-57(3)51(66)68-33-38-12-8-6-9-13-38/h6-16,19-20,23,28,32,35-37,41,54H,17-18,21-22,24-27,29-31,33-34H2,1-5H3,(H,64,65)/t35-,36+,53?/m0/s1. The van der Waals surface area contributed by atoms with Crippen LogP contribution in [0, 0.1) is 5.92 Å². The Morgan fingerprint density at radius 3 is 2.20 bits per heavy atom. The number of hydrogen-bond acceptors (Lipinski definition) is 11. The third-order valence-electron chi connectivity index (χ3n) is 14.2. The lowest BCUT2D eigenvalue weighted by Crippen LogP contribution is -2.58. The molecule has 1 unspecified atom stereocenters. The van der Waals surface area contributed by atoms with Crippen LogP contribution in [0.15, 0.2) is 102 Å². The monoisotopic (exact) mass is 953 g/mol. The molecule has 9 rings (SSSR count). The highest BCUT2D eigenvalue weighted by Gasteiger charge is 2.46. The van der Waals surface area contributed by atoms with E-state index in [1.54, 1.807) is 36.8 Å². The lowest BCUT2D eigenvalue weighted by molar-refractivity contribution is -0.0735. The Hall–Kier alpha value is -6.98. The molecule has 2 aliphatic heterocycles. The van der Waals surface area contributed by atoms with Crippen LogP contribution < -0.4 is 10.5 Å². The van der Waals surface area contributed by atoms with E-state index >= 15 is 0 Å². The number of aromatic amines is 1. The van der Waals surface area contributed by atoms with Gasteiger partial charge in [-0.15, -0.1) is 0 Å². The van der Waals surface area contributed by atoms with Crippen LogP contribution in [0.2, 0.25) is 0 Å². The molecular formula is C53H63N9O8. The fourth-order valence-corrected chi connectivity index (χ4v) is 9.81. The summed E-state index contributed by atoms with van der Waals surface area (Å²) in [6, 6.07) is 27.2. The maximum absolute atomic E-state index is 14.1. The second-order valence-electron chi connectivity index (χ2n) is 19.3. The van der Waals surface area contributed by atoms with Gasteiger partial charge in [0.15, 0.2) is 5.60 Å². The van der Waals surface area contributed by atoms with E-state index in [0.29, 0.717) is 60.2 Å². The number of benzene rings is 3. The largest absolute Gasteiger partial charge is 0.465 e. The molecule has 0 radical (unpaired) electrons. The van der Waals surface area contributed by atoms with E-state index in [-0.39, 0.29) is 50.1 Å². The number of hydrogen-bond donors (Lipinski definition) is 2. The van der Waals surface area contributed by atoms with Gasteiger partial charge in [-0.2, -0.15) is 0 Å². The predicted octanol–water partition coefficient (Wildman–Crippen LogP) is 7.53. The number of piperazine rings is 1.